The van der Waals surface area contributed by atoms with Gasteiger partial charge in [-0.3, -0.25) is 9.59 Å². The number of aliphatic hydroxyl groups is 2. The van der Waals surface area contributed by atoms with E-state index in [2.05, 4.69) is 4.74 Å². The molecule has 138 valence electrons. The molecule has 0 aliphatic heterocycles. The van der Waals surface area contributed by atoms with Crippen molar-refractivity contribution in [3.63, 3.8) is 0 Å². The van der Waals surface area contributed by atoms with Gasteiger partial charge in [-0.2, -0.15) is 0 Å². The van der Waals surface area contributed by atoms with Crippen LogP contribution in [0.5, 0.6) is 0 Å². The average Bonchev–Trinajstić information content (AvgIpc) is 2.54. The number of hydrogen-bond donors (Lipinski definition) is 2. The predicted molar refractivity (Wildman–Crippen MR) is 85.6 cm³/mol. The van der Waals surface area contributed by atoms with E-state index in [9.17, 15) is 14.7 Å². The Kier molecular flexibility index (Phi) is 16.4. The molecule has 0 radical (unpaired) electrons. The maximum absolute atomic E-state index is 11.7. The van der Waals surface area contributed by atoms with E-state index < -0.39 is 30.8 Å². The molecule has 0 saturated carbocycles. The molecule has 0 amide bonds. The number of esters is 2. The number of rotatable bonds is 10. The molecule has 2 unspecified atom stereocenters. The van der Waals surface area contributed by atoms with Crippen LogP contribution >= 0.6 is 0 Å². The molecule has 7 heteroatoms. The fourth-order valence-electron chi connectivity index (χ4n) is 1.49. The first-order chi connectivity index (χ1) is 10.9. The molecule has 0 rings (SSSR count). The Morgan fingerprint density at radius 2 is 1.48 bits per heavy atom. The van der Waals surface area contributed by atoms with Crippen molar-refractivity contribution in [2.24, 2.45) is 5.92 Å². The van der Waals surface area contributed by atoms with Crippen molar-refractivity contribution in [3.05, 3.63) is 0 Å². The Morgan fingerprint density at radius 1 is 0.957 bits per heavy atom. The van der Waals surface area contributed by atoms with Gasteiger partial charge >= 0.3 is 11.9 Å². The lowest BCUT2D eigenvalue weighted by Crippen LogP contribution is -2.37. The average molecular weight is 336 g/mol. The minimum atomic E-state index is -1.68. The highest BCUT2D eigenvalue weighted by atomic mass is 16.6. The van der Waals surface area contributed by atoms with E-state index in [4.69, 9.17) is 14.6 Å². The number of aliphatic hydroxyl groups excluding tert-OH is 2. The molecule has 0 aromatic rings. The lowest BCUT2D eigenvalue weighted by molar-refractivity contribution is -0.191. The number of carbonyl (C=O) groups excluding carboxylic acids is 2. The van der Waals surface area contributed by atoms with Crippen LogP contribution in [0.4, 0.5) is 0 Å². The Balaban J connectivity index is 0. The molecule has 0 bridgehead atoms. The van der Waals surface area contributed by atoms with E-state index in [1.165, 1.54) is 0 Å². The Hall–Kier alpha value is -1.18. The largest absolute Gasteiger partial charge is 0.462 e. The van der Waals surface area contributed by atoms with Crippen LogP contribution in [0, 0.1) is 5.92 Å². The summed E-state index contributed by atoms with van der Waals surface area (Å²) in [6, 6.07) is 0. The lowest BCUT2D eigenvalue weighted by Gasteiger charge is -2.22. The monoisotopic (exact) mass is 336 g/mol. The van der Waals surface area contributed by atoms with Gasteiger partial charge in [-0.1, -0.05) is 20.8 Å². The lowest BCUT2D eigenvalue weighted by atomic mass is 10.1. The van der Waals surface area contributed by atoms with Crippen LogP contribution in [0.2, 0.25) is 0 Å². The van der Waals surface area contributed by atoms with Gasteiger partial charge in [0.25, 0.3) is 0 Å². The van der Waals surface area contributed by atoms with Crippen LogP contribution in [0.25, 0.3) is 0 Å². The molecule has 0 aliphatic rings. The van der Waals surface area contributed by atoms with E-state index in [1.54, 1.807) is 6.92 Å². The zero-order chi connectivity index (χ0) is 18.3. The molecule has 23 heavy (non-hydrogen) atoms. The van der Waals surface area contributed by atoms with E-state index >= 15 is 0 Å². The summed E-state index contributed by atoms with van der Waals surface area (Å²) in [5, 5.41) is 18.6. The minimum Gasteiger partial charge on any atom is -0.462 e. The highest BCUT2D eigenvalue weighted by molar-refractivity contribution is 5.74. The Labute approximate surface area is 138 Å². The summed E-state index contributed by atoms with van der Waals surface area (Å²) in [6.45, 7) is 10.3. The molecule has 0 spiro atoms. The number of ether oxygens (including phenoxy) is 3. The molecule has 0 fully saturated rings. The first kappa shape index (κ1) is 24.1. The standard InChI is InChI=1S/C12H22O6.C4H10O/c1-4-8(5-2)17-11(15)9(7-13)12(16)18-10(14)6-3;1-3-5-4-2/h8-9,12-13,16H,4-7H2,1-3H3;3-4H2,1-2H3. The quantitative estimate of drug-likeness (QED) is 0.462. The fourth-order valence-corrected chi connectivity index (χ4v) is 1.49. The molecule has 2 N–H and O–H groups in total. The number of carbonyl (C=O) groups is 2. The molecule has 7 nitrogen and oxygen atoms in total. The fraction of sp³-hybridized carbons (Fsp3) is 0.875. The molecule has 2 atom stereocenters. The first-order valence-electron chi connectivity index (χ1n) is 8.18. The molecule has 0 aromatic carbocycles. The van der Waals surface area contributed by atoms with Crippen molar-refractivity contribution in [2.75, 3.05) is 19.8 Å². The van der Waals surface area contributed by atoms with Gasteiger partial charge in [0.05, 0.1) is 6.61 Å². The first-order valence-corrected chi connectivity index (χ1v) is 8.18. The van der Waals surface area contributed by atoms with Crippen LogP contribution in [0.15, 0.2) is 0 Å². The van der Waals surface area contributed by atoms with Gasteiger partial charge < -0.3 is 24.4 Å². The van der Waals surface area contributed by atoms with Crippen molar-refractivity contribution in [2.45, 2.75) is 66.3 Å². The van der Waals surface area contributed by atoms with E-state index in [-0.39, 0.29) is 12.5 Å². The van der Waals surface area contributed by atoms with Gasteiger partial charge in [-0.25, -0.2) is 0 Å². The SMILES string of the molecule is CCC(=O)OC(O)C(CO)C(=O)OC(CC)CC.CCOCC. The topological polar surface area (TPSA) is 102 Å². The summed E-state index contributed by atoms with van der Waals surface area (Å²) in [4.78, 5) is 22.7. The van der Waals surface area contributed by atoms with Crippen LogP contribution in [-0.4, -0.2) is 54.4 Å². The Bertz CT molecular complexity index is 301. The molecule has 0 heterocycles. The third-order valence-corrected chi connectivity index (χ3v) is 2.99. The third-order valence-electron chi connectivity index (χ3n) is 2.99. The van der Waals surface area contributed by atoms with E-state index in [0.717, 1.165) is 13.2 Å². The summed E-state index contributed by atoms with van der Waals surface area (Å²) in [7, 11) is 0. The highest BCUT2D eigenvalue weighted by Gasteiger charge is 2.31. The van der Waals surface area contributed by atoms with Crippen molar-refractivity contribution in [3.8, 4) is 0 Å². The van der Waals surface area contributed by atoms with Crippen LogP contribution < -0.4 is 0 Å². The van der Waals surface area contributed by atoms with Crippen molar-refractivity contribution >= 4 is 11.9 Å². The van der Waals surface area contributed by atoms with Gasteiger partial charge in [0.1, 0.15) is 12.0 Å². The maximum Gasteiger partial charge on any atom is 0.317 e. The highest BCUT2D eigenvalue weighted by Crippen LogP contribution is 2.12. The zero-order valence-electron chi connectivity index (χ0n) is 14.9. The van der Waals surface area contributed by atoms with Crippen molar-refractivity contribution in [1.29, 1.82) is 0 Å². The number of hydrogen-bond acceptors (Lipinski definition) is 7. The second-order valence-electron chi connectivity index (χ2n) is 4.68. The van der Waals surface area contributed by atoms with Crippen LogP contribution in [0.1, 0.15) is 53.9 Å². The van der Waals surface area contributed by atoms with E-state index in [1.807, 2.05) is 27.7 Å². The summed E-state index contributed by atoms with van der Waals surface area (Å²) in [6.07, 6.45) is -0.572. The zero-order valence-corrected chi connectivity index (χ0v) is 14.9. The maximum atomic E-state index is 11.7. The normalized spacial score (nSPS) is 12.9. The summed E-state index contributed by atoms with van der Waals surface area (Å²) < 4.78 is 14.5. The smallest absolute Gasteiger partial charge is 0.317 e. The minimum absolute atomic E-state index is 0.0802. The summed E-state index contributed by atoms with van der Waals surface area (Å²) in [5.74, 6) is -2.67. The van der Waals surface area contributed by atoms with Crippen molar-refractivity contribution < 1.29 is 34.0 Å². The molecule has 0 aliphatic carbocycles. The van der Waals surface area contributed by atoms with Gasteiger partial charge in [0.15, 0.2) is 0 Å². The van der Waals surface area contributed by atoms with Gasteiger partial charge in [-0.15, -0.1) is 0 Å². The molecular weight excluding hydrogens is 304 g/mol. The van der Waals surface area contributed by atoms with Crippen LogP contribution in [0.3, 0.4) is 0 Å². The molecule has 0 saturated heterocycles. The molecule has 0 aromatic heterocycles. The van der Waals surface area contributed by atoms with Gasteiger partial charge in [0.2, 0.25) is 6.29 Å². The summed E-state index contributed by atoms with van der Waals surface area (Å²) >= 11 is 0. The molecular formula is C16H32O7. The van der Waals surface area contributed by atoms with Crippen LogP contribution in [-0.2, 0) is 23.8 Å². The summed E-state index contributed by atoms with van der Waals surface area (Å²) in [5.41, 5.74) is 0. The second kappa shape index (κ2) is 15.7. The van der Waals surface area contributed by atoms with Gasteiger partial charge in [0, 0.05) is 19.6 Å². The Morgan fingerprint density at radius 3 is 1.78 bits per heavy atom. The predicted octanol–water partition coefficient (Wildman–Crippen LogP) is 1.64. The second-order valence-corrected chi connectivity index (χ2v) is 4.68. The van der Waals surface area contributed by atoms with E-state index in [0.29, 0.717) is 12.8 Å². The van der Waals surface area contributed by atoms with Crippen molar-refractivity contribution in [1.82, 2.24) is 0 Å². The third kappa shape index (κ3) is 12.0. The van der Waals surface area contributed by atoms with Gasteiger partial charge in [-0.05, 0) is 26.7 Å².